The highest BCUT2D eigenvalue weighted by Crippen LogP contribution is 2.40. The van der Waals surface area contributed by atoms with Gasteiger partial charge in [-0.05, 0) is 79.0 Å². The first kappa shape index (κ1) is 34.8. The molecule has 13 nitrogen and oxygen atoms in total. The molecule has 2 aromatic carbocycles. The van der Waals surface area contributed by atoms with E-state index in [-0.39, 0.29) is 17.5 Å². The molecule has 0 heterocycles. The second-order valence-corrected chi connectivity index (χ2v) is 15.0. The maximum Gasteiger partial charge on any atom is 0.357 e. The van der Waals surface area contributed by atoms with Crippen molar-refractivity contribution < 1.29 is 47.8 Å². The van der Waals surface area contributed by atoms with E-state index in [1.165, 1.54) is 19.4 Å². The van der Waals surface area contributed by atoms with Gasteiger partial charge in [0, 0.05) is 13.3 Å². The molecule has 45 heavy (non-hydrogen) atoms. The summed E-state index contributed by atoms with van der Waals surface area (Å²) in [6.07, 6.45) is 8.19. The number of nitrogens with two attached hydrogens (primary N) is 1. The van der Waals surface area contributed by atoms with Crippen LogP contribution in [0, 0.1) is 5.92 Å². The fourth-order valence-corrected chi connectivity index (χ4v) is 8.28. The molecule has 4 rings (SSSR count). The van der Waals surface area contributed by atoms with Crippen molar-refractivity contribution in [1.29, 1.82) is 0 Å². The first-order valence-electron chi connectivity index (χ1n) is 15.1. The molecule has 2 unspecified atom stereocenters. The fourth-order valence-electron chi connectivity index (χ4n) is 6.16. The fraction of sp³-hybridized carbons (Fsp3) is 0.500. The van der Waals surface area contributed by atoms with E-state index in [0.29, 0.717) is 31.1 Å². The third-order valence-electron chi connectivity index (χ3n) is 8.39. The average Bonchev–Trinajstić information content (AvgIpc) is 3.15. The maximum atomic E-state index is 13.7. The van der Waals surface area contributed by atoms with Crippen molar-refractivity contribution in [2.24, 2.45) is 11.7 Å². The maximum absolute atomic E-state index is 13.7. The highest BCUT2D eigenvalue weighted by atomic mass is 31.2. The van der Waals surface area contributed by atoms with E-state index in [9.17, 15) is 43.1 Å². The van der Waals surface area contributed by atoms with Crippen molar-refractivity contribution in [2.75, 3.05) is 6.61 Å². The Balaban J connectivity index is 1.61. The molecule has 1 saturated carbocycles. The smallest absolute Gasteiger partial charge is 0.357 e. The predicted octanol–water partition coefficient (Wildman–Crippen LogP) is 1.98. The number of carbonyl (C=O) groups excluding carboxylic acids is 3. The van der Waals surface area contributed by atoms with Gasteiger partial charge >= 0.3 is 15.2 Å². The lowest BCUT2D eigenvalue weighted by Crippen LogP contribution is -2.48. The molecule has 2 atom stereocenters. The predicted molar refractivity (Wildman–Crippen MR) is 167 cm³/mol. The van der Waals surface area contributed by atoms with Crippen molar-refractivity contribution in [3.05, 3.63) is 52.6 Å². The minimum absolute atomic E-state index is 0.171. The van der Waals surface area contributed by atoms with Gasteiger partial charge in [-0.15, -0.1) is 0 Å². The molecule has 2 aromatic rings. The average molecular weight is 666 g/mol. The second kappa shape index (κ2) is 14.6. The number of rotatable bonds is 11. The number of aryl methyl sites for hydroxylation is 1. The molecule has 8 N–H and O–H groups in total. The molecule has 0 bridgehead atoms. The quantitative estimate of drug-likeness (QED) is 0.136. The zero-order chi connectivity index (χ0) is 32.9. The highest BCUT2D eigenvalue weighted by molar-refractivity contribution is 7.67. The Labute approximate surface area is 261 Å². The van der Waals surface area contributed by atoms with Crippen molar-refractivity contribution in [2.45, 2.75) is 83.2 Å². The number of hydrogen-bond donors (Lipinski definition) is 7. The molecule has 2 aliphatic rings. The standard InChI is InChI=1S/C30H41N3O10P2/c1-18(34)32-25(13-20-11-12-27(44(37,38)39)28(14-20)45(40,41)42)30(36)33-24-10-6-5-9-21-15-23(29(31)35)26(16-22(21)24)43-17-19-7-3-2-4-8-19/h11-12,14-16,19,24-25H,2-10,13,17H2,1H3,(H2,31,35)(H,32,34)(H,33,36)(H2,37,38,39)(H2,40,41,42). The Morgan fingerprint density at radius 3 is 2.22 bits per heavy atom. The van der Waals surface area contributed by atoms with Crippen LogP contribution in [0.15, 0.2) is 30.3 Å². The Morgan fingerprint density at radius 1 is 0.933 bits per heavy atom. The molecular weight excluding hydrogens is 624 g/mol. The lowest BCUT2D eigenvalue weighted by Gasteiger charge is -2.26. The number of carbonyl (C=O) groups is 3. The Hall–Kier alpha value is -3.05. The van der Waals surface area contributed by atoms with E-state index < -0.39 is 55.6 Å². The molecule has 246 valence electrons. The Kier molecular flexibility index (Phi) is 11.3. The topological polar surface area (TPSA) is 226 Å². The number of ether oxygens (including phenoxy) is 1. The number of fused-ring (bicyclic) bond motifs is 1. The zero-order valence-corrected chi connectivity index (χ0v) is 26.9. The third-order valence-corrected chi connectivity index (χ3v) is 10.6. The van der Waals surface area contributed by atoms with Gasteiger partial charge in [0.1, 0.15) is 11.8 Å². The van der Waals surface area contributed by atoms with Crippen LogP contribution in [0.4, 0.5) is 0 Å². The van der Waals surface area contributed by atoms with Crippen LogP contribution in [0.2, 0.25) is 0 Å². The van der Waals surface area contributed by atoms with E-state index in [1.54, 1.807) is 12.1 Å². The summed E-state index contributed by atoms with van der Waals surface area (Å²) in [6, 6.07) is 4.95. The summed E-state index contributed by atoms with van der Waals surface area (Å²) in [4.78, 5) is 76.8. The molecule has 2 aliphatic carbocycles. The van der Waals surface area contributed by atoms with Crippen LogP contribution >= 0.6 is 15.2 Å². The van der Waals surface area contributed by atoms with Gasteiger partial charge in [-0.3, -0.25) is 23.5 Å². The van der Waals surface area contributed by atoms with Gasteiger partial charge in [0.15, 0.2) is 0 Å². The van der Waals surface area contributed by atoms with Gasteiger partial charge in [-0.1, -0.05) is 31.7 Å². The first-order valence-corrected chi connectivity index (χ1v) is 18.3. The van der Waals surface area contributed by atoms with E-state index in [0.717, 1.165) is 61.8 Å². The van der Waals surface area contributed by atoms with Crippen LogP contribution in [-0.4, -0.2) is 49.9 Å². The minimum Gasteiger partial charge on any atom is -0.492 e. The number of amides is 3. The summed E-state index contributed by atoms with van der Waals surface area (Å²) >= 11 is 0. The largest absolute Gasteiger partial charge is 0.492 e. The molecular formula is C30H41N3O10P2. The Bertz CT molecular complexity index is 1530. The van der Waals surface area contributed by atoms with E-state index in [4.69, 9.17) is 10.5 Å². The molecule has 0 spiro atoms. The number of hydrogen-bond acceptors (Lipinski definition) is 6. The summed E-state index contributed by atoms with van der Waals surface area (Å²) in [5.41, 5.74) is 7.81. The van der Waals surface area contributed by atoms with Gasteiger partial charge in [-0.25, -0.2) is 0 Å². The van der Waals surface area contributed by atoms with Gasteiger partial charge in [0.2, 0.25) is 11.8 Å². The van der Waals surface area contributed by atoms with Crippen molar-refractivity contribution in [3.63, 3.8) is 0 Å². The molecule has 0 aromatic heterocycles. The van der Waals surface area contributed by atoms with Gasteiger partial charge in [-0.2, -0.15) is 0 Å². The van der Waals surface area contributed by atoms with Gasteiger partial charge in [0.25, 0.3) is 5.91 Å². The number of primary amides is 1. The van der Waals surface area contributed by atoms with Crippen LogP contribution in [0.3, 0.4) is 0 Å². The monoisotopic (exact) mass is 665 g/mol. The van der Waals surface area contributed by atoms with Crippen LogP contribution < -0.4 is 31.7 Å². The van der Waals surface area contributed by atoms with Gasteiger partial charge < -0.3 is 40.7 Å². The summed E-state index contributed by atoms with van der Waals surface area (Å²) < 4.78 is 30.1. The molecule has 3 amide bonds. The second-order valence-electron chi connectivity index (χ2n) is 11.9. The van der Waals surface area contributed by atoms with E-state index >= 15 is 0 Å². The summed E-state index contributed by atoms with van der Waals surface area (Å²) in [6.45, 7) is 1.68. The summed E-state index contributed by atoms with van der Waals surface area (Å²) in [5, 5.41) is 3.91. The normalized spacial score (nSPS) is 18.3. The molecule has 1 fully saturated rings. The van der Waals surface area contributed by atoms with Crippen molar-refractivity contribution >= 4 is 43.5 Å². The molecule has 0 radical (unpaired) electrons. The van der Waals surface area contributed by atoms with E-state index in [1.807, 2.05) is 0 Å². The van der Waals surface area contributed by atoms with Crippen LogP contribution in [0.5, 0.6) is 5.75 Å². The van der Waals surface area contributed by atoms with Crippen LogP contribution in [-0.2, 0) is 31.6 Å². The van der Waals surface area contributed by atoms with Gasteiger partial charge in [0.05, 0.1) is 28.8 Å². The lowest BCUT2D eigenvalue weighted by atomic mass is 9.90. The highest BCUT2D eigenvalue weighted by Gasteiger charge is 2.32. The van der Waals surface area contributed by atoms with Crippen LogP contribution in [0.1, 0.15) is 91.4 Å². The van der Waals surface area contributed by atoms with E-state index in [2.05, 4.69) is 10.6 Å². The minimum atomic E-state index is -5.10. The molecule has 0 aliphatic heterocycles. The summed E-state index contributed by atoms with van der Waals surface area (Å²) in [7, 11) is -10.1. The summed E-state index contributed by atoms with van der Waals surface area (Å²) in [5.74, 6) is -0.951. The SMILES string of the molecule is CC(=O)NC(Cc1ccc(P(=O)(O)O)c(P(=O)(O)O)c1)C(=O)NC1CCCCc2cc(C(N)=O)c(OCC3CCCCC3)cc21. The van der Waals surface area contributed by atoms with Crippen molar-refractivity contribution in [1.82, 2.24) is 10.6 Å². The number of nitrogens with one attached hydrogen (secondary N) is 2. The van der Waals surface area contributed by atoms with Crippen molar-refractivity contribution in [3.8, 4) is 5.75 Å². The molecule has 0 saturated heterocycles. The zero-order valence-electron chi connectivity index (χ0n) is 25.1. The lowest BCUT2D eigenvalue weighted by molar-refractivity contribution is -0.128. The van der Waals surface area contributed by atoms with Crippen LogP contribution in [0.25, 0.3) is 0 Å². The third kappa shape index (κ3) is 9.25. The first-order chi connectivity index (χ1) is 21.1. The molecule has 15 heteroatoms. The number of benzene rings is 2. The Morgan fingerprint density at radius 2 is 1.60 bits per heavy atom.